The monoisotopic (exact) mass is 406 g/mol. The van der Waals surface area contributed by atoms with E-state index in [4.69, 9.17) is 4.55 Å². The fourth-order valence-corrected chi connectivity index (χ4v) is 1.19. The van der Waals surface area contributed by atoms with Gasteiger partial charge in [0.05, 0.1) is 0 Å². The van der Waals surface area contributed by atoms with Gasteiger partial charge in [-0.1, -0.05) is 6.58 Å². The van der Waals surface area contributed by atoms with E-state index >= 15 is 0 Å². The molecule has 0 aliphatic heterocycles. The SMILES string of the molecule is C=C(C)C(=O)OC(C(F)(F)F)C(F)(F)C(=O)OCC(F)(F)S(=O)(=O)O. The van der Waals surface area contributed by atoms with Gasteiger partial charge < -0.3 is 9.47 Å². The van der Waals surface area contributed by atoms with Crippen molar-refractivity contribution in [1.82, 2.24) is 0 Å². The Hall–Kier alpha value is -1.90. The van der Waals surface area contributed by atoms with E-state index in [1.807, 2.05) is 0 Å². The van der Waals surface area contributed by atoms with Crippen LogP contribution in [0.5, 0.6) is 0 Å². The second-order valence-electron chi connectivity index (χ2n) is 4.42. The molecule has 0 bridgehead atoms. The first kappa shape index (κ1) is 23.1. The number of halogens is 7. The topological polar surface area (TPSA) is 107 Å². The minimum atomic E-state index is -6.20. The van der Waals surface area contributed by atoms with Gasteiger partial charge in [0, 0.05) is 5.57 Å². The summed E-state index contributed by atoms with van der Waals surface area (Å²) in [4.78, 5) is 22.0. The van der Waals surface area contributed by atoms with Crippen LogP contribution in [0.3, 0.4) is 0 Å². The summed E-state index contributed by atoms with van der Waals surface area (Å²) in [5.41, 5.74) is -0.753. The molecule has 0 rings (SSSR count). The van der Waals surface area contributed by atoms with Gasteiger partial charge >= 0.3 is 39.4 Å². The molecule has 0 aromatic heterocycles. The molecule has 0 aromatic carbocycles. The standard InChI is InChI=1S/C10H9F7O7S/c1-4(2)5(18)24-6(10(15,16)17)9(13,14)7(19)23-3-8(11,12)25(20,21)22/h6H,1,3H2,2H3,(H,20,21,22). The summed E-state index contributed by atoms with van der Waals surface area (Å²) in [6.45, 7) is 0.898. The van der Waals surface area contributed by atoms with Crippen molar-refractivity contribution in [3.8, 4) is 0 Å². The number of rotatable bonds is 7. The van der Waals surface area contributed by atoms with Crippen LogP contribution in [-0.2, 0) is 29.2 Å². The van der Waals surface area contributed by atoms with E-state index in [2.05, 4.69) is 16.1 Å². The summed E-state index contributed by atoms with van der Waals surface area (Å²) in [5, 5.41) is -5.26. The van der Waals surface area contributed by atoms with E-state index in [0.717, 1.165) is 6.92 Å². The zero-order valence-corrected chi connectivity index (χ0v) is 12.8. The molecule has 0 saturated heterocycles. The van der Waals surface area contributed by atoms with E-state index in [0.29, 0.717) is 0 Å². The molecule has 7 nitrogen and oxygen atoms in total. The van der Waals surface area contributed by atoms with E-state index in [-0.39, 0.29) is 0 Å². The van der Waals surface area contributed by atoms with Gasteiger partial charge in [-0.15, -0.1) is 0 Å². The lowest BCUT2D eigenvalue weighted by molar-refractivity contribution is -0.277. The third-order valence-corrected chi connectivity index (χ3v) is 3.09. The summed E-state index contributed by atoms with van der Waals surface area (Å²) in [5.74, 6) is -11.0. The molecular weight excluding hydrogens is 397 g/mol. The van der Waals surface area contributed by atoms with Crippen LogP contribution in [-0.4, -0.2) is 55.0 Å². The molecule has 0 aromatic rings. The van der Waals surface area contributed by atoms with Crippen LogP contribution >= 0.6 is 0 Å². The van der Waals surface area contributed by atoms with Crippen molar-refractivity contribution in [3.05, 3.63) is 12.2 Å². The second kappa shape index (κ2) is 7.15. The van der Waals surface area contributed by atoms with Gasteiger partial charge in [-0.25, -0.2) is 9.59 Å². The first-order valence-electron chi connectivity index (χ1n) is 5.67. The first-order valence-corrected chi connectivity index (χ1v) is 7.11. The lowest BCUT2D eigenvalue weighted by Crippen LogP contribution is -2.53. The van der Waals surface area contributed by atoms with Crippen LogP contribution in [0.15, 0.2) is 12.2 Å². The molecule has 15 heteroatoms. The maximum atomic E-state index is 13.5. The lowest BCUT2D eigenvalue weighted by atomic mass is 10.1. The summed E-state index contributed by atoms with van der Waals surface area (Å²) in [7, 11) is -6.20. The zero-order chi connectivity index (χ0) is 20.4. The molecule has 0 amide bonds. The molecule has 1 N–H and O–H groups in total. The molecule has 146 valence electrons. The number of hydrogen-bond acceptors (Lipinski definition) is 6. The summed E-state index contributed by atoms with van der Waals surface area (Å²) in [6.07, 6.45) is -10.4. The van der Waals surface area contributed by atoms with Crippen molar-refractivity contribution in [2.75, 3.05) is 6.61 Å². The highest BCUT2D eigenvalue weighted by Crippen LogP contribution is 2.36. The molecule has 0 radical (unpaired) electrons. The number of hydrogen-bond donors (Lipinski definition) is 1. The van der Waals surface area contributed by atoms with Crippen molar-refractivity contribution in [3.63, 3.8) is 0 Å². The summed E-state index contributed by atoms with van der Waals surface area (Å²) >= 11 is 0. The van der Waals surface area contributed by atoms with Gasteiger partial charge in [-0.3, -0.25) is 4.55 Å². The van der Waals surface area contributed by atoms with Crippen LogP contribution in [0.25, 0.3) is 0 Å². The molecule has 25 heavy (non-hydrogen) atoms. The number of ether oxygens (including phenoxy) is 2. The van der Waals surface area contributed by atoms with Crippen LogP contribution in [0.1, 0.15) is 6.92 Å². The minimum Gasteiger partial charge on any atom is -0.453 e. The van der Waals surface area contributed by atoms with Crippen molar-refractivity contribution in [2.45, 2.75) is 30.4 Å². The molecular formula is C10H9F7O7S. The Morgan fingerprint density at radius 1 is 1.12 bits per heavy atom. The number of esters is 2. The molecule has 1 unspecified atom stereocenters. The normalized spacial score (nSPS) is 14.6. The molecule has 0 aliphatic rings. The fraction of sp³-hybridized carbons (Fsp3) is 0.600. The van der Waals surface area contributed by atoms with E-state index in [9.17, 15) is 48.7 Å². The van der Waals surface area contributed by atoms with Crippen LogP contribution in [0, 0.1) is 0 Å². The quantitative estimate of drug-likeness (QED) is 0.297. The fourth-order valence-electron chi connectivity index (χ4n) is 0.981. The first-order chi connectivity index (χ1) is 10.8. The maximum absolute atomic E-state index is 13.5. The molecule has 1 atom stereocenters. The third kappa shape index (κ3) is 5.84. The third-order valence-electron chi connectivity index (χ3n) is 2.22. The Morgan fingerprint density at radius 2 is 1.56 bits per heavy atom. The van der Waals surface area contributed by atoms with Crippen molar-refractivity contribution < 1.29 is 62.8 Å². The van der Waals surface area contributed by atoms with E-state index in [1.165, 1.54) is 0 Å². The molecule has 0 spiro atoms. The average molecular weight is 406 g/mol. The highest BCUT2D eigenvalue weighted by Gasteiger charge is 2.64. The predicted molar refractivity (Wildman–Crippen MR) is 63.2 cm³/mol. The highest BCUT2D eigenvalue weighted by molar-refractivity contribution is 7.86. The van der Waals surface area contributed by atoms with Crippen LogP contribution in [0.4, 0.5) is 30.7 Å². The zero-order valence-electron chi connectivity index (χ0n) is 11.9. The Kier molecular flexibility index (Phi) is 6.61. The van der Waals surface area contributed by atoms with Crippen LogP contribution in [0.2, 0.25) is 0 Å². The van der Waals surface area contributed by atoms with E-state index < -0.39 is 57.7 Å². The smallest absolute Gasteiger partial charge is 0.432 e. The highest BCUT2D eigenvalue weighted by atomic mass is 32.2. The minimum absolute atomic E-state index is 0.753. The molecule has 0 saturated carbocycles. The van der Waals surface area contributed by atoms with Crippen molar-refractivity contribution in [2.24, 2.45) is 0 Å². The van der Waals surface area contributed by atoms with Gasteiger partial charge in [-0.2, -0.15) is 39.2 Å². The van der Waals surface area contributed by atoms with Crippen molar-refractivity contribution >= 4 is 22.1 Å². The Balaban J connectivity index is 5.48. The molecule has 0 aliphatic carbocycles. The summed E-state index contributed by atoms with van der Waals surface area (Å²) < 4.78 is 125. The second-order valence-corrected chi connectivity index (χ2v) is 5.97. The Bertz CT molecular complexity index is 653. The Labute approximate surface area is 135 Å². The number of carbonyl (C=O) groups excluding carboxylic acids is 2. The van der Waals surface area contributed by atoms with Gasteiger partial charge in [-0.05, 0) is 6.92 Å². The van der Waals surface area contributed by atoms with Gasteiger partial charge in [0.1, 0.15) is 0 Å². The molecule has 0 heterocycles. The van der Waals surface area contributed by atoms with Crippen LogP contribution < -0.4 is 0 Å². The van der Waals surface area contributed by atoms with E-state index in [1.54, 1.807) is 0 Å². The number of alkyl halides is 7. The van der Waals surface area contributed by atoms with Crippen molar-refractivity contribution in [1.29, 1.82) is 0 Å². The average Bonchev–Trinajstić information content (AvgIpc) is 2.38. The Morgan fingerprint density at radius 3 is 1.88 bits per heavy atom. The largest absolute Gasteiger partial charge is 0.453 e. The predicted octanol–water partition coefficient (Wildman–Crippen LogP) is 1.70. The van der Waals surface area contributed by atoms with Gasteiger partial charge in [0.25, 0.3) is 6.10 Å². The van der Waals surface area contributed by atoms with Gasteiger partial charge in [0.2, 0.25) is 0 Å². The molecule has 0 fully saturated rings. The number of carbonyl (C=O) groups is 2. The lowest BCUT2D eigenvalue weighted by Gasteiger charge is -2.27. The van der Waals surface area contributed by atoms with Gasteiger partial charge in [0.15, 0.2) is 6.61 Å². The maximum Gasteiger partial charge on any atom is 0.432 e. The summed E-state index contributed by atoms with van der Waals surface area (Å²) in [6, 6.07) is 0.